The Bertz CT molecular complexity index is 618. The molecule has 0 heterocycles. The van der Waals surface area contributed by atoms with Gasteiger partial charge in [-0.15, -0.1) is 0 Å². The van der Waals surface area contributed by atoms with Gasteiger partial charge in [0.15, 0.2) is 0 Å². The molecule has 0 spiro atoms. The lowest BCUT2D eigenvalue weighted by molar-refractivity contribution is -0.870. The fourth-order valence-corrected chi connectivity index (χ4v) is 3.82. The summed E-state index contributed by atoms with van der Waals surface area (Å²) in [5.74, 6) is 0. The third kappa shape index (κ3) is 22.1. The highest BCUT2D eigenvalue weighted by atomic mass is 15.3. The van der Waals surface area contributed by atoms with E-state index in [4.69, 9.17) is 0 Å². The van der Waals surface area contributed by atoms with Crippen molar-refractivity contribution in [2.75, 3.05) is 55.4 Å². The molecule has 0 aliphatic carbocycles. The molecule has 0 unspecified atom stereocenters. The van der Waals surface area contributed by atoms with Crippen LogP contribution in [0.15, 0.2) is 46.6 Å². The number of quaternary nitrogens is 2. The summed E-state index contributed by atoms with van der Waals surface area (Å²) < 4.78 is 2.13. The Morgan fingerprint density at radius 3 is 1.03 bits per heavy atom. The highest BCUT2D eigenvalue weighted by Crippen LogP contribution is 2.14. The summed E-state index contributed by atoms with van der Waals surface area (Å²) in [5.41, 5.74) is 6.20. The summed E-state index contributed by atoms with van der Waals surface area (Å²) in [6.45, 7) is 11.7. The molecule has 2 heteroatoms. The quantitative estimate of drug-likeness (QED) is 0.120. The first kappa shape index (κ1) is 30.9. The van der Waals surface area contributed by atoms with Crippen molar-refractivity contribution < 1.29 is 8.97 Å². The predicted octanol–water partition coefficient (Wildman–Crippen LogP) is 8.09. The van der Waals surface area contributed by atoms with Crippen molar-refractivity contribution in [2.45, 2.75) is 91.9 Å². The molecule has 2 nitrogen and oxygen atoms in total. The van der Waals surface area contributed by atoms with E-state index in [0.717, 1.165) is 8.97 Å². The first-order valence-corrected chi connectivity index (χ1v) is 13.0. The Kier molecular flexibility index (Phi) is 15.9. The molecule has 32 heavy (non-hydrogen) atoms. The number of unbranched alkanes of at least 4 members (excludes halogenated alkanes) is 1. The number of nitrogens with zero attached hydrogens (tertiary/aromatic N) is 2. The number of allylic oxidation sites excluding steroid dienone is 8. The van der Waals surface area contributed by atoms with Crippen LogP contribution in [0.4, 0.5) is 0 Å². The van der Waals surface area contributed by atoms with Crippen LogP contribution in [-0.4, -0.2) is 64.3 Å². The van der Waals surface area contributed by atoms with Gasteiger partial charge in [-0.05, 0) is 79.1 Å². The van der Waals surface area contributed by atoms with E-state index in [0.29, 0.717) is 0 Å². The second-order valence-electron chi connectivity index (χ2n) is 12.1. The zero-order valence-electron chi connectivity index (χ0n) is 23.7. The standard InChI is InChI=1S/C30H58N2/c1-27(17-11-12-18-28(2)23-15-25-31(5,6)7)19-13-20-29(3)21-14-22-30(4)24-16-26-32(8,9)10/h17-18,20,22H,11-16,19,21,23-26H2,1-10H3/q+2. The van der Waals surface area contributed by atoms with E-state index in [1.165, 1.54) is 82.9 Å². The zero-order valence-corrected chi connectivity index (χ0v) is 23.7. The average molecular weight is 447 g/mol. The van der Waals surface area contributed by atoms with Crippen LogP contribution < -0.4 is 0 Å². The van der Waals surface area contributed by atoms with Crippen LogP contribution in [0.2, 0.25) is 0 Å². The van der Waals surface area contributed by atoms with Gasteiger partial charge in [0.05, 0.1) is 55.4 Å². The molecule has 0 aromatic carbocycles. The van der Waals surface area contributed by atoms with Gasteiger partial charge in [0, 0.05) is 12.8 Å². The van der Waals surface area contributed by atoms with Crippen LogP contribution in [0.3, 0.4) is 0 Å². The summed E-state index contributed by atoms with van der Waals surface area (Å²) in [5, 5.41) is 0. The van der Waals surface area contributed by atoms with Crippen molar-refractivity contribution in [2.24, 2.45) is 0 Å². The van der Waals surface area contributed by atoms with E-state index in [2.05, 4.69) is 94.3 Å². The molecule has 0 bridgehead atoms. The van der Waals surface area contributed by atoms with Crippen LogP contribution in [0.5, 0.6) is 0 Å². The Balaban J connectivity index is 4.04. The van der Waals surface area contributed by atoms with Gasteiger partial charge in [0.2, 0.25) is 0 Å². The molecular weight excluding hydrogens is 388 g/mol. The molecule has 0 fully saturated rings. The minimum absolute atomic E-state index is 1.07. The maximum Gasteiger partial charge on any atom is 0.0783 e. The molecule has 0 aromatic rings. The van der Waals surface area contributed by atoms with E-state index < -0.39 is 0 Å². The van der Waals surface area contributed by atoms with Gasteiger partial charge in [-0.2, -0.15) is 0 Å². The van der Waals surface area contributed by atoms with Gasteiger partial charge in [0.1, 0.15) is 0 Å². The Hall–Kier alpha value is -1.12. The topological polar surface area (TPSA) is 0 Å². The first-order valence-electron chi connectivity index (χ1n) is 13.0. The van der Waals surface area contributed by atoms with Crippen molar-refractivity contribution in [3.8, 4) is 0 Å². The van der Waals surface area contributed by atoms with Crippen LogP contribution in [0.25, 0.3) is 0 Å². The van der Waals surface area contributed by atoms with E-state index in [1.54, 1.807) is 16.7 Å². The minimum atomic E-state index is 1.07. The number of rotatable bonds is 17. The molecular formula is C30H58N2+2. The smallest absolute Gasteiger partial charge is 0.0783 e. The predicted molar refractivity (Wildman–Crippen MR) is 147 cm³/mol. The molecule has 0 aliphatic heterocycles. The van der Waals surface area contributed by atoms with Crippen LogP contribution in [0.1, 0.15) is 91.9 Å². The van der Waals surface area contributed by atoms with Gasteiger partial charge in [-0.1, -0.05) is 46.6 Å². The highest BCUT2D eigenvalue weighted by Gasteiger charge is 2.06. The molecule has 0 saturated heterocycles. The lowest BCUT2D eigenvalue weighted by Crippen LogP contribution is -2.35. The van der Waals surface area contributed by atoms with Gasteiger partial charge < -0.3 is 8.97 Å². The van der Waals surface area contributed by atoms with Gasteiger partial charge in [-0.3, -0.25) is 0 Å². The van der Waals surface area contributed by atoms with Crippen LogP contribution >= 0.6 is 0 Å². The molecule has 0 atom stereocenters. The lowest BCUT2D eigenvalue weighted by atomic mass is 10.0. The summed E-state index contributed by atoms with van der Waals surface area (Å²) >= 11 is 0. The van der Waals surface area contributed by atoms with Crippen LogP contribution in [-0.2, 0) is 0 Å². The second-order valence-corrected chi connectivity index (χ2v) is 12.1. The Morgan fingerprint density at radius 1 is 0.438 bits per heavy atom. The monoisotopic (exact) mass is 446 g/mol. The fraction of sp³-hybridized carbons (Fsp3) is 0.733. The highest BCUT2D eigenvalue weighted by molar-refractivity contribution is 5.07. The number of hydrogen-bond acceptors (Lipinski definition) is 0. The summed E-state index contributed by atoms with van der Waals surface area (Å²) in [6, 6.07) is 0. The third-order valence-corrected chi connectivity index (χ3v) is 6.02. The molecule has 0 radical (unpaired) electrons. The summed E-state index contributed by atoms with van der Waals surface area (Å²) in [6.07, 6.45) is 22.0. The molecule has 0 aliphatic rings. The third-order valence-electron chi connectivity index (χ3n) is 6.02. The van der Waals surface area contributed by atoms with E-state index in [-0.39, 0.29) is 0 Å². The first-order chi connectivity index (χ1) is 14.8. The van der Waals surface area contributed by atoms with E-state index in [9.17, 15) is 0 Å². The summed E-state index contributed by atoms with van der Waals surface area (Å²) in [7, 11) is 13.7. The molecule has 0 amide bonds. The maximum atomic E-state index is 2.45. The fourth-order valence-electron chi connectivity index (χ4n) is 3.82. The molecule has 186 valence electrons. The second kappa shape index (κ2) is 16.5. The van der Waals surface area contributed by atoms with Crippen LogP contribution in [0, 0.1) is 0 Å². The summed E-state index contributed by atoms with van der Waals surface area (Å²) in [4.78, 5) is 0. The van der Waals surface area contributed by atoms with Gasteiger partial charge in [-0.25, -0.2) is 0 Å². The minimum Gasteiger partial charge on any atom is -0.331 e. The normalized spacial score (nSPS) is 14.9. The average Bonchev–Trinajstić information content (AvgIpc) is 2.63. The van der Waals surface area contributed by atoms with Crippen molar-refractivity contribution in [1.29, 1.82) is 0 Å². The lowest BCUT2D eigenvalue weighted by Gasteiger charge is -2.23. The van der Waals surface area contributed by atoms with Crippen molar-refractivity contribution >= 4 is 0 Å². The molecule has 0 saturated carbocycles. The SMILES string of the molecule is CC(=CCCC=C(C)CCC[N+](C)(C)C)CCC=C(C)CCC=C(C)CCC[N+](C)(C)C. The van der Waals surface area contributed by atoms with Crippen molar-refractivity contribution in [1.82, 2.24) is 0 Å². The maximum absolute atomic E-state index is 2.45. The molecule has 0 N–H and O–H groups in total. The van der Waals surface area contributed by atoms with Gasteiger partial charge in [0.25, 0.3) is 0 Å². The Morgan fingerprint density at radius 2 is 0.719 bits per heavy atom. The van der Waals surface area contributed by atoms with E-state index in [1.807, 2.05) is 0 Å². The molecule has 0 rings (SSSR count). The Labute approximate surface area is 203 Å². The van der Waals surface area contributed by atoms with Crippen molar-refractivity contribution in [3.05, 3.63) is 46.6 Å². The number of hydrogen-bond donors (Lipinski definition) is 0. The molecule has 0 aromatic heterocycles. The zero-order chi connectivity index (χ0) is 24.6. The largest absolute Gasteiger partial charge is 0.331 e. The van der Waals surface area contributed by atoms with Crippen molar-refractivity contribution in [3.63, 3.8) is 0 Å². The van der Waals surface area contributed by atoms with Gasteiger partial charge >= 0.3 is 0 Å². The van der Waals surface area contributed by atoms with E-state index >= 15 is 0 Å².